The maximum absolute atomic E-state index is 12.6. The van der Waals surface area contributed by atoms with Crippen LogP contribution in [0.2, 0.25) is 0 Å². The Balaban J connectivity index is 1.34. The molecule has 1 amide bonds. The van der Waals surface area contributed by atoms with E-state index in [0.717, 1.165) is 27.9 Å². The van der Waals surface area contributed by atoms with Gasteiger partial charge in [-0.05, 0) is 35.7 Å². The van der Waals surface area contributed by atoms with Gasteiger partial charge in [-0.1, -0.05) is 53.4 Å². The molecule has 158 valence electrons. The number of hydrogen-bond acceptors (Lipinski definition) is 7. The molecule has 32 heavy (non-hydrogen) atoms. The van der Waals surface area contributed by atoms with Crippen molar-refractivity contribution in [1.82, 2.24) is 25.0 Å². The number of benzene rings is 3. The predicted molar refractivity (Wildman–Crippen MR) is 124 cm³/mol. The largest absolute Gasteiger partial charge is 0.497 e. The second kappa shape index (κ2) is 8.64. The summed E-state index contributed by atoms with van der Waals surface area (Å²) in [5.41, 5.74) is 2.71. The van der Waals surface area contributed by atoms with Crippen molar-refractivity contribution in [3.63, 3.8) is 0 Å². The lowest BCUT2D eigenvalue weighted by Crippen LogP contribution is -2.14. The second-order valence-corrected chi connectivity index (χ2v) is 7.88. The van der Waals surface area contributed by atoms with Gasteiger partial charge in [0, 0.05) is 11.1 Å². The number of thioether (sulfide) groups is 1. The van der Waals surface area contributed by atoms with Gasteiger partial charge >= 0.3 is 0 Å². The average Bonchev–Trinajstić information content (AvgIpc) is 3.28. The number of methoxy groups -OCH3 is 1. The summed E-state index contributed by atoms with van der Waals surface area (Å²) in [7, 11) is 1.62. The first kappa shape index (κ1) is 20.0. The van der Waals surface area contributed by atoms with E-state index in [4.69, 9.17) is 4.74 Å². The molecule has 0 spiro atoms. The number of nitrogens with zero attached hydrogens (tertiary/aromatic N) is 5. The molecule has 2 heterocycles. The molecule has 0 aliphatic carbocycles. The monoisotopic (exact) mass is 442 g/mol. The Labute approximate surface area is 187 Å². The highest BCUT2D eigenvalue weighted by atomic mass is 32.2. The highest BCUT2D eigenvalue weighted by molar-refractivity contribution is 8.00. The fourth-order valence-corrected chi connectivity index (χ4v) is 4.12. The van der Waals surface area contributed by atoms with Crippen molar-refractivity contribution in [1.29, 1.82) is 0 Å². The third-order valence-electron chi connectivity index (χ3n) is 4.92. The molecule has 3 aromatic carbocycles. The molecule has 5 aromatic rings. The van der Waals surface area contributed by atoms with Gasteiger partial charge in [-0.15, -0.1) is 5.10 Å². The first-order chi connectivity index (χ1) is 15.7. The molecule has 5 rings (SSSR count). The van der Waals surface area contributed by atoms with Gasteiger partial charge in [0.2, 0.25) is 5.91 Å². The van der Waals surface area contributed by atoms with Crippen LogP contribution in [0.1, 0.15) is 0 Å². The minimum atomic E-state index is -0.124. The van der Waals surface area contributed by atoms with E-state index < -0.39 is 0 Å². The first-order valence-corrected chi connectivity index (χ1v) is 10.8. The number of ether oxygens (including phenoxy) is 1. The number of carbonyl (C=O) groups excluding carboxylic acids is 1. The molecule has 0 saturated carbocycles. The summed E-state index contributed by atoms with van der Waals surface area (Å²) in [6.07, 6.45) is 1.46. The van der Waals surface area contributed by atoms with E-state index in [1.165, 1.54) is 18.1 Å². The second-order valence-electron chi connectivity index (χ2n) is 6.91. The SMILES string of the molecule is COc1ccc(-n2nnc3c(SCC(=O)Nc4cccc5ccccc45)ncnc32)cc1. The molecule has 0 saturated heterocycles. The molecule has 0 radical (unpaired) electrons. The smallest absolute Gasteiger partial charge is 0.234 e. The lowest BCUT2D eigenvalue weighted by Gasteiger charge is -2.08. The van der Waals surface area contributed by atoms with Crippen LogP contribution in [0.3, 0.4) is 0 Å². The number of carbonyl (C=O) groups is 1. The third kappa shape index (κ3) is 3.85. The van der Waals surface area contributed by atoms with Crippen LogP contribution >= 0.6 is 11.8 Å². The maximum Gasteiger partial charge on any atom is 0.234 e. The lowest BCUT2D eigenvalue weighted by molar-refractivity contribution is -0.113. The molecule has 9 heteroatoms. The van der Waals surface area contributed by atoms with Gasteiger partial charge < -0.3 is 10.1 Å². The van der Waals surface area contributed by atoms with Crippen LogP contribution in [-0.2, 0) is 4.79 Å². The number of nitrogens with one attached hydrogen (secondary N) is 1. The number of amides is 1. The number of hydrogen-bond donors (Lipinski definition) is 1. The molecule has 0 aliphatic rings. The van der Waals surface area contributed by atoms with E-state index >= 15 is 0 Å². The van der Waals surface area contributed by atoms with E-state index in [0.29, 0.717) is 16.2 Å². The number of fused-ring (bicyclic) bond motifs is 2. The predicted octanol–water partition coefficient (Wildman–Crippen LogP) is 4.10. The van der Waals surface area contributed by atoms with E-state index in [1.807, 2.05) is 66.7 Å². The summed E-state index contributed by atoms with van der Waals surface area (Å²) in [5, 5.41) is 14.1. The van der Waals surface area contributed by atoms with E-state index in [1.54, 1.807) is 11.8 Å². The van der Waals surface area contributed by atoms with Crippen LogP contribution < -0.4 is 10.1 Å². The van der Waals surface area contributed by atoms with Gasteiger partial charge in [0.05, 0.1) is 18.6 Å². The van der Waals surface area contributed by atoms with Crippen molar-refractivity contribution in [2.24, 2.45) is 0 Å². The minimum absolute atomic E-state index is 0.124. The van der Waals surface area contributed by atoms with E-state index in [9.17, 15) is 4.79 Å². The Morgan fingerprint density at radius 2 is 1.84 bits per heavy atom. The molecule has 0 unspecified atom stereocenters. The fraction of sp³-hybridized carbons (Fsp3) is 0.0870. The molecule has 0 fully saturated rings. The highest BCUT2D eigenvalue weighted by Crippen LogP contribution is 2.26. The Bertz CT molecular complexity index is 1410. The average molecular weight is 443 g/mol. The van der Waals surface area contributed by atoms with Gasteiger partial charge in [-0.25, -0.2) is 9.97 Å². The van der Waals surface area contributed by atoms with Crippen molar-refractivity contribution in [3.05, 3.63) is 73.1 Å². The Hall–Kier alpha value is -3.98. The van der Waals surface area contributed by atoms with Crippen molar-refractivity contribution >= 4 is 45.3 Å². The van der Waals surface area contributed by atoms with Crippen LogP contribution in [0, 0.1) is 0 Å². The summed E-state index contributed by atoms with van der Waals surface area (Å²) in [6.45, 7) is 0. The van der Waals surface area contributed by atoms with E-state index in [-0.39, 0.29) is 11.7 Å². The number of anilines is 1. The number of aromatic nitrogens is 5. The van der Waals surface area contributed by atoms with E-state index in [2.05, 4.69) is 25.6 Å². The fourth-order valence-electron chi connectivity index (χ4n) is 3.39. The quantitative estimate of drug-likeness (QED) is 0.312. The van der Waals surface area contributed by atoms with Crippen LogP contribution in [-0.4, -0.2) is 43.7 Å². The summed E-state index contributed by atoms with van der Waals surface area (Å²) in [6, 6.07) is 21.2. The molecule has 2 aromatic heterocycles. The normalized spacial score (nSPS) is 11.0. The lowest BCUT2D eigenvalue weighted by atomic mass is 10.1. The van der Waals surface area contributed by atoms with Gasteiger partial charge in [-0.3, -0.25) is 4.79 Å². The minimum Gasteiger partial charge on any atom is -0.497 e. The molecular formula is C23H18N6O2S. The van der Waals surface area contributed by atoms with Gasteiger partial charge in [0.1, 0.15) is 17.1 Å². The summed E-state index contributed by atoms with van der Waals surface area (Å²) in [4.78, 5) is 21.3. The molecule has 1 N–H and O–H groups in total. The van der Waals surface area contributed by atoms with Crippen LogP contribution in [0.25, 0.3) is 27.6 Å². The van der Waals surface area contributed by atoms with Gasteiger partial charge in [-0.2, -0.15) is 4.68 Å². The molecule has 0 aliphatic heterocycles. The van der Waals surface area contributed by atoms with Crippen LogP contribution in [0.15, 0.2) is 78.1 Å². The van der Waals surface area contributed by atoms with Crippen molar-refractivity contribution in [2.75, 3.05) is 18.2 Å². The van der Waals surface area contributed by atoms with Crippen molar-refractivity contribution in [3.8, 4) is 11.4 Å². The Kier molecular flexibility index (Phi) is 5.39. The zero-order chi connectivity index (χ0) is 21.9. The summed E-state index contributed by atoms with van der Waals surface area (Å²) in [5.74, 6) is 0.812. The topological polar surface area (TPSA) is 94.8 Å². The highest BCUT2D eigenvalue weighted by Gasteiger charge is 2.15. The molecule has 0 atom stereocenters. The first-order valence-electron chi connectivity index (χ1n) is 9.84. The van der Waals surface area contributed by atoms with Crippen molar-refractivity contribution < 1.29 is 9.53 Å². The molecule has 0 bridgehead atoms. The Morgan fingerprint density at radius 3 is 2.69 bits per heavy atom. The van der Waals surface area contributed by atoms with Crippen molar-refractivity contribution in [2.45, 2.75) is 5.03 Å². The molecular weight excluding hydrogens is 424 g/mol. The Morgan fingerprint density at radius 1 is 1.03 bits per heavy atom. The molecule has 8 nitrogen and oxygen atoms in total. The summed E-state index contributed by atoms with van der Waals surface area (Å²) < 4.78 is 6.84. The standard InChI is InChI=1S/C23H18N6O2S/c1-31-17-11-9-16(10-12-17)29-22-21(27-28-29)23(25-14-24-22)32-13-20(30)26-19-8-4-6-15-5-2-3-7-18(15)19/h2-12,14H,13H2,1H3,(H,26,30). The van der Waals surface area contributed by atoms with Crippen LogP contribution in [0.4, 0.5) is 5.69 Å². The summed E-state index contributed by atoms with van der Waals surface area (Å²) >= 11 is 1.30. The van der Waals surface area contributed by atoms with Gasteiger partial charge in [0.25, 0.3) is 0 Å². The van der Waals surface area contributed by atoms with Crippen LogP contribution in [0.5, 0.6) is 5.75 Å². The zero-order valence-corrected chi connectivity index (χ0v) is 17.9. The van der Waals surface area contributed by atoms with Gasteiger partial charge in [0.15, 0.2) is 11.2 Å². The zero-order valence-electron chi connectivity index (χ0n) is 17.1. The third-order valence-corrected chi connectivity index (χ3v) is 5.90. The maximum atomic E-state index is 12.6. The number of rotatable bonds is 6.